The van der Waals surface area contributed by atoms with Crippen molar-refractivity contribution in [3.8, 4) is 5.75 Å². The maximum Gasteiger partial charge on any atom is 0.340 e. The summed E-state index contributed by atoms with van der Waals surface area (Å²) in [6.07, 6.45) is 1.38. The average molecular weight is 543 g/mol. The summed E-state index contributed by atoms with van der Waals surface area (Å²) in [5, 5.41) is 13.5. The molecule has 34 heavy (non-hydrogen) atoms. The van der Waals surface area contributed by atoms with Crippen LogP contribution in [0.4, 0.5) is 5.00 Å². The van der Waals surface area contributed by atoms with Crippen molar-refractivity contribution in [2.24, 2.45) is 0 Å². The number of amides is 1. The van der Waals surface area contributed by atoms with Crippen molar-refractivity contribution < 1.29 is 19.1 Å². The predicted molar refractivity (Wildman–Crippen MR) is 136 cm³/mol. The fourth-order valence-electron chi connectivity index (χ4n) is 3.09. The number of aromatic nitrogens is 3. The van der Waals surface area contributed by atoms with Crippen LogP contribution in [0.5, 0.6) is 5.75 Å². The Kier molecular flexibility index (Phi) is 9.63. The van der Waals surface area contributed by atoms with Gasteiger partial charge in [-0.25, -0.2) is 4.79 Å². The van der Waals surface area contributed by atoms with Crippen LogP contribution in [0.15, 0.2) is 29.4 Å². The van der Waals surface area contributed by atoms with Crippen molar-refractivity contribution in [1.82, 2.24) is 14.8 Å². The van der Waals surface area contributed by atoms with Crippen LogP contribution < -0.4 is 10.1 Å². The summed E-state index contributed by atoms with van der Waals surface area (Å²) in [5.41, 5.74) is 0.351. The Morgan fingerprint density at radius 1 is 1.24 bits per heavy atom. The number of nitrogens with zero attached hydrogens (tertiary/aromatic N) is 3. The van der Waals surface area contributed by atoms with E-state index in [0.717, 1.165) is 17.1 Å². The Bertz CT molecular complexity index is 1170. The SMILES string of the molecule is CCn1c(CCCOc2ccc(Cl)cc2Cl)nnc1SCC(=O)Nc1sc(C)cc1C(=O)OC. The lowest BCUT2D eigenvalue weighted by molar-refractivity contribution is -0.113. The van der Waals surface area contributed by atoms with Crippen molar-refractivity contribution in [2.75, 3.05) is 24.8 Å². The molecule has 1 N–H and O–H groups in total. The fraction of sp³-hybridized carbons (Fsp3) is 0.364. The van der Waals surface area contributed by atoms with Crippen molar-refractivity contribution in [1.29, 1.82) is 0 Å². The lowest BCUT2D eigenvalue weighted by Crippen LogP contribution is -2.16. The van der Waals surface area contributed by atoms with Gasteiger partial charge in [-0.15, -0.1) is 21.5 Å². The topological polar surface area (TPSA) is 95.3 Å². The number of aryl methyl sites for hydroxylation is 2. The van der Waals surface area contributed by atoms with E-state index in [4.69, 9.17) is 32.7 Å². The largest absolute Gasteiger partial charge is 0.492 e. The first kappa shape index (κ1) is 26.3. The van der Waals surface area contributed by atoms with Crippen LogP contribution in [0.25, 0.3) is 0 Å². The molecule has 8 nitrogen and oxygen atoms in total. The lowest BCUT2D eigenvalue weighted by atomic mass is 10.3. The van der Waals surface area contributed by atoms with E-state index in [1.54, 1.807) is 24.3 Å². The second-order valence-corrected chi connectivity index (χ2v) is 10.1. The van der Waals surface area contributed by atoms with Gasteiger partial charge in [0.05, 0.1) is 30.1 Å². The Hall–Kier alpha value is -2.27. The molecule has 1 amide bonds. The minimum Gasteiger partial charge on any atom is -0.492 e. The number of hydrogen-bond donors (Lipinski definition) is 1. The molecule has 0 unspecified atom stereocenters. The minimum absolute atomic E-state index is 0.133. The predicted octanol–water partition coefficient (Wildman–Crippen LogP) is 5.50. The van der Waals surface area contributed by atoms with E-state index in [2.05, 4.69) is 15.5 Å². The summed E-state index contributed by atoms with van der Waals surface area (Å²) >= 11 is 14.6. The summed E-state index contributed by atoms with van der Waals surface area (Å²) in [7, 11) is 1.31. The third-order valence-corrected chi connectivity index (χ3v) is 7.11. The summed E-state index contributed by atoms with van der Waals surface area (Å²) in [6.45, 7) is 5.00. The molecule has 0 aliphatic heterocycles. The summed E-state index contributed by atoms with van der Waals surface area (Å²) < 4.78 is 12.5. The minimum atomic E-state index is -0.481. The molecule has 0 bridgehead atoms. The van der Waals surface area contributed by atoms with Crippen LogP contribution in [0, 0.1) is 6.92 Å². The standard InChI is InChI=1S/C22H24Cl2N4O4S2/c1-4-28-18(6-5-9-32-17-8-7-14(23)11-16(17)24)26-27-22(28)33-12-19(29)25-20-15(21(30)31-3)10-13(2)34-20/h7-8,10-11H,4-6,9,12H2,1-3H3,(H,25,29). The number of methoxy groups -OCH3 is 1. The zero-order valence-corrected chi connectivity index (χ0v) is 22.0. The van der Waals surface area contributed by atoms with E-state index in [0.29, 0.717) is 51.1 Å². The van der Waals surface area contributed by atoms with Crippen molar-refractivity contribution in [3.63, 3.8) is 0 Å². The van der Waals surface area contributed by atoms with Gasteiger partial charge in [0.15, 0.2) is 5.16 Å². The molecule has 3 aromatic rings. The van der Waals surface area contributed by atoms with Gasteiger partial charge in [-0.2, -0.15) is 0 Å². The highest BCUT2D eigenvalue weighted by Gasteiger charge is 2.18. The number of anilines is 1. The summed E-state index contributed by atoms with van der Waals surface area (Å²) in [6, 6.07) is 6.81. The number of rotatable bonds is 11. The van der Waals surface area contributed by atoms with E-state index < -0.39 is 5.97 Å². The van der Waals surface area contributed by atoms with Gasteiger partial charge in [0, 0.05) is 22.9 Å². The number of thiophene rings is 1. The molecule has 2 aromatic heterocycles. The van der Waals surface area contributed by atoms with Gasteiger partial charge in [0.1, 0.15) is 16.6 Å². The van der Waals surface area contributed by atoms with E-state index in [1.165, 1.54) is 30.2 Å². The smallest absolute Gasteiger partial charge is 0.340 e. The first-order valence-corrected chi connectivity index (χ1v) is 13.0. The van der Waals surface area contributed by atoms with Gasteiger partial charge in [0.2, 0.25) is 5.91 Å². The number of ether oxygens (including phenoxy) is 2. The third kappa shape index (κ3) is 6.88. The van der Waals surface area contributed by atoms with E-state index >= 15 is 0 Å². The van der Waals surface area contributed by atoms with E-state index in [1.807, 2.05) is 18.4 Å². The van der Waals surface area contributed by atoms with Crippen LogP contribution in [0.2, 0.25) is 10.0 Å². The second kappa shape index (κ2) is 12.4. The molecule has 0 aliphatic rings. The molecular formula is C22H24Cl2N4O4S2. The first-order chi connectivity index (χ1) is 16.3. The molecule has 182 valence electrons. The number of halogens is 2. The molecule has 2 heterocycles. The fourth-order valence-corrected chi connectivity index (χ4v) is 5.29. The van der Waals surface area contributed by atoms with Crippen LogP contribution >= 0.6 is 46.3 Å². The van der Waals surface area contributed by atoms with Gasteiger partial charge < -0.3 is 19.4 Å². The van der Waals surface area contributed by atoms with Gasteiger partial charge >= 0.3 is 5.97 Å². The number of benzene rings is 1. The highest BCUT2D eigenvalue weighted by atomic mass is 35.5. The first-order valence-electron chi connectivity index (χ1n) is 10.4. The molecule has 12 heteroatoms. The summed E-state index contributed by atoms with van der Waals surface area (Å²) in [5.74, 6) is 0.815. The van der Waals surface area contributed by atoms with Gasteiger partial charge in [0.25, 0.3) is 0 Å². The molecule has 0 fully saturated rings. The quantitative estimate of drug-likeness (QED) is 0.194. The number of thioether (sulfide) groups is 1. The maximum absolute atomic E-state index is 12.5. The van der Waals surface area contributed by atoms with Gasteiger partial charge in [-0.3, -0.25) is 4.79 Å². The normalized spacial score (nSPS) is 10.9. The molecular weight excluding hydrogens is 519 g/mol. The van der Waals surface area contributed by atoms with Crippen LogP contribution in [0.3, 0.4) is 0 Å². The van der Waals surface area contributed by atoms with Crippen LogP contribution in [-0.2, 0) is 22.5 Å². The van der Waals surface area contributed by atoms with Gasteiger partial charge in [-0.05, 0) is 44.5 Å². The van der Waals surface area contributed by atoms with E-state index in [-0.39, 0.29) is 11.7 Å². The highest BCUT2D eigenvalue weighted by Crippen LogP contribution is 2.29. The van der Waals surface area contributed by atoms with Crippen LogP contribution in [-0.4, -0.2) is 46.1 Å². The van der Waals surface area contributed by atoms with Crippen molar-refractivity contribution in [3.05, 3.63) is 50.6 Å². The molecule has 0 aliphatic carbocycles. The maximum atomic E-state index is 12.5. The molecule has 3 rings (SSSR count). The number of hydrogen-bond acceptors (Lipinski definition) is 8. The third-order valence-electron chi connectivity index (χ3n) is 4.65. The molecule has 0 saturated heterocycles. The van der Waals surface area contributed by atoms with E-state index in [9.17, 15) is 9.59 Å². The van der Waals surface area contributed by atoms with Gasteiger partial charge in [-0.1, -0.05) is 35.0 Å². The molecule has 0 spiro atoms. The zero-order valence-electron chi connectivity index (χ0n) is 18.9. The van der Waals surface area contributed by atoms with Crippen LogP contribution in [0.1, 0.15) is 34.4 Å². The zero-order chi connectivity index (χ0) is 24.7. The molecule has 0 saturated carbocycles. The number of carbonyl (C=O) groups is 2. The second-order valence-electron chi connectivity index (χ2n) is 7.10. The monoisotopic (exact) mass is 542 g/mol. The molecule has 0 radical (unpaired) electrons. The summed E-state index contributed by atoms with van der Waals surface area (Å²) in [4.78, 5) is 25.3. The molecule has 1 aromatic carbocycles. The Morgan fingerprint density at radius 2 is 2.03 bits per heavy atom. The van der Waals surface area contributed by atoms with Crippen molar-refractivity contribution in [2.45, 2.75) is 38.4 Å². The molecule has 0 atom stereocenters. The Balaban J connectivity index is 1.52. The highest BCUT2D eigenvalue weighted by molar-refractivity contribution is 7.99. The Labute approximate surface area is 215 Å². The lowest BCUT2D eigenvalue weighted by Gasteiger charge is -2.09. The Morgan fingerprint density at radius 3 is 2.74 bits per heavy atom. The van der Waals surface area contributed by atoms with Crippen molar-refractivity contribution >= 4 is 63.2 Å². The number of nitrogens with one attached hydrogen (secondary N) is 1. The number of esters is 1. The number of carbonyl (C=O) groups excluding carboxylic acids is 2. The average Bonchev–Trinajstić information content (AvgIpc) is 3.38.